The van der Waals surface area contributed by atoms with Gasteiger partial charge in [-0.3, -0.25) is 15.0 Å². The maximum absolute atomic E-state index is 11.8. The number of aliphatic hydroxyl groups is 2. The molecule has 260 valence electrons. The lowest BCUT2D eigenvalue weighted by atomic mass is 10.1. The van der Waals surface area contributed by atoms with E-state index in [0.29, 0.717) is 44.9 Å². The molecular weight excluding hydrogens is 626 g/mol. The normalized spacial score (nSPS) is 12.4. The number of nitro benzene ring substituents is 1. The van der Waals surface area contributed by atoms with E-state index in [0.717, 1.165) is 47.2 Å². The molecule has 8 heteroatoms. The minimum Gasteiger partial charge on any atom is -0.487 e. The van der Waals surface area contributed by atoms with Gasteiger partial charge in [-0.15, -0.1) is 0 Å². The summed E-state index contributed by atoms with van der Waals surface area (Å²) in [5, 5.41) is 34.3. The molecule has 5 aromatic carbocycles. The summed E-state index contributed by atoms with van der Waals surface area (Å²) in [4.78, 5) is 15.8. The van der Waals surface area contributed by atoms with Gasteiger partial charge in [0, 0.05) is 44.5 Å². The van der Waals surface area contributed by atoms with E-state index >= 15 is 0 Å². The molecule has 2 N–H and O–H groups in total. The number of unbranched alkanes of at least 4 members (excludes halogenated alkanes) is 1. The van der Waals surface area contributed by atoms with Gasteiger partial charge in [-0.1, -0.05) is 123 Å². The number of hydrogen-bond donors (Lipinski definition) is 2. The van der Waals surface area contributed by atoms with Crippen molar-refractivity contribution < 1.29 is 19.9 Å². The molecule has 0 bridgehead atoms. The summed E-state index contributed by atoms with van der Waals surface area (Å²) >= 11 is 0. The highest BCUT2D eigenvalue weighted by molar-refractivity contribution is 5.50. The molecule has 0 spiro atoms. The SMILES string of the molecule is CCCCOc1ccc(C(O)CN(CCc2ccc(N(Cc3ccccc3)CC(O)c3ccccc3)cc2)Cc2ccccc2)cc1[N+](=O)[O-]. The molecule has 5 rings (SSSR count). The van der Waals surface area contributed by atoms with E-state index < -0.39 is 17.1 Å². The molecule has 2 unspecified atom stereocenters. The van der Waals surface area contributed by atoms with E-state index in [2.05, 4.69) is 58.3 Å². The van der Waals surface area contributed by atoms with Crippen LogP contribution in [0.25, 0.3) is 0 Å². The first kappa shape index (κ1) is 36.3. The van der Waals surface area contributed by atoms with Crippen molar-refractivity contribution in [3.63, 3.8) is 0 Å². The molecule has 0 aliphatic rings. The molecule has 0 amide bonds. The van der Waals surface area contributed by atoms with Crippen LogP contribution in [0.2, 0.25) is 0 Å². The Morgan fingerprint density at radius 2 is 1.30 bits per heavy atom. The first-order valence-electron chi connectivity index (χ1n) is 17.4. The molecule has 50 heavy (non-hydrogen) atoms. The third-order valence-corrected chi connectivity index (χ3v) is 8.81. The zero-order valence-electron chi connectivity index (χ0n) is 28.7. The zero-order chi connectivity index (χ0) is 35.1. The maximum Gasteiger partial charge on any atom is 0.311 e. The third-order valence-electron chi connectivity index (χ3n) is 8.81. The maximum atomic E-state index is 11.8. The van der Waals surface area contributed by atoms with Crippen LogP contribution < -0.4 is 9.64 Å². The Morgan fingerprint density at radius 1 is 0.700 bits per heavy atom. The Bertz CT molecular complexity index is 1740. The summed E-state index contributed by atoms with van der Waals surface area (Å²) < 4.78 is 5.66. The Hall–Kier alpha value is -5.02. The molecule has 0 aromatic heterocycles. The molecule has 0 saturated heterocycles. The van der Waals surface area contributed by atoms with Crippen LogP contribution in [0, 0.1) is 10.1 Å². The van der Waals surface area contributed by atoms with Crippen molar-refractivity contribution in [2.45, 2.75) is 51.5 Å². The number of benzene rings is 5. The predicted molar refractivity (Wildman–Crippen MR) is 199 cm³/mol. The summed E-state index contributed by atoms with van der Waals surface area (Å²) in [6.45, 7) is 5.16. The number of ether oxygens (including phenoxy) is 1. The van der Waals surface area contributed by atoms with Crippen LogP contribution in [0.15, 0.2) is 133 Å². The lowest BCUT2D eigenvalue weighted by Crippen LogP contribution is -2.30. The standard InChI is InChI=1S/C42H47N3O5/c1-2-3-27-50-42-24-21-37(28-39(42)45(48)49)40(46)31-43(29-34-13-7-4-8-14-34)26-25-33-19-22-38(23-20-33)44(30-35-15-9-5-10-16-35)32-41(47)36-17-11-6-12-18-36/h4-24,28,40-41,46-47H,2-3,25-27,29-32H2,1H3. The summed E-state index contributed by atoms with van der Waals surface area (Å²) in [5.74, 6) is 0.223. The lowest BCUT2D eigenvalue weighted by Gasteiger charge is -2.28. The number of nitrogens with zero attached hydrogens (tertiary/aromatic N) is 3. The van der Waals surface area contributed by atoms with Crippen molar-refractivity contribution in [1.82, 2.24) is 4.90 Å². The zero-order valence-corrected chi connectivity index (χ0v) is 28.7. The minimum absolute atomic E-state index is 0.134. The van der Waals surface area contributed by atoms with E-state index in [1.54, 1.807) is 12.1 Å². The highest BCUT2D eigenvalue weighted by atomic mass is 16.6. The van der Waals surface area contributed by atoms with E-state index in [9.17, 15) is 20.3 Å². The molecule has 0 aliphatic carbocycles. The van der Waals surface area contributed by atoms with Gasteiger partial charge >= 0.3 is 5.69 Å². The number of aliphatic hydroxyl groups excluding tert-OH is 2. The van der Waals surface area contributed by atoms with Crippen molar-refractivity contribution >= 4 is 11.4 Å². The molecule has 0 aliphatic heterocycles. The van der Waals surface area contributed by atoms with Gasteiger partial charge in [-0.2, -0.15) is 0 Å². The number of hydrogen-bond acceptors (Lipinski definition) is 7. The van der Waals surface area contributed by atoms with Gasteiger partial charge in [0.05, 0.1) is 23.7 Å². The van der Waals surface area contributed by atoms with E-state index in [1.165, 1.54) is 6.07 Å². The topological polar surface area (TPSA) is 99.3 Å². The van der Waals surface area contributed by atoms with Gasteiger partial charge in [-0.25, -0.2) is 0 Å². The van der Waals surface area contributed by atoms with Crippen molar-refractivity contribution in [3.8, 4) is 5.75 Å². The van der Waals surface area contributed by atoms with Gasteiger partial charge in [0.1, 0.15) is 0 Å². The Labute approximate surface area is 295 Å². The van der Waals surface area contributed by atoms with Crippen LogP contribution in [-0.4, -0.2) is 46.3 Å². The summed E-state index contributed by atoms with van der Waals surface area (Å²) in [6.07, 6.45) is 0.922. The summed E-state index contributed by atoms with van der Waals surface area (Å²) in [7, 11) is 0. The third kappa shape index (κ3) is 10.7. The van der Waals surface area contributed by atoms with Crippen molar-refractivity contribution in [2.24, 2.45) is 0 Å². The van der Waals surface area contributed by atoms with Gasteiger partial charge in [0.25, 0.3) is 0 Å². The van der Waals surface area contributed by atoms with Crippen LogP contribution in [0.3, 0.4) is 0 Å². The van der Waals surface area contributed by atoms with Gasteiger partial charge < -0.3 is 19.8 Å². The largest absolute Gasteiger partial charge is 0.487 e. The first-order chi connectivity index (χ1) is 24.4. The highest BCUT2D eigenvalue weighted by Crippen LogP contribution is 2.31. The molecule has 0 saturated carbocycles. The summed E-state index contributed by atoms with van der Waals surface area (Å²) in [5.41, 5.74) is 5.68. The first-order valence-corrected chi connectivity index (χ1v) is 17.4. The van der Waals surface area contributed by atoms with Crippen LogP contribution >= 0.6 is 0 Å². The fraction of sp³-hybridized carbons (Fsp3) is 0.286. The van der Waals surface area contributed by atoms with Crippen molar-refractivity contribution in [3.05, 3.63) is 171 Å². The Balaban J connectivity index is 1.29. The fourth-order valence-electron chi connectivity index (χ4n) is 5.97. The second-order valence-corrected chi connectivity index (χ2v) is 12.6. The van der Waals surface area contributed by atoms with Crippen LogP contribution in [0.5, 0.6) is 5.75 Å². The Morgan fingerprint density at radius 3 is 1.92 bits per heavy atom. The smallest absolute Gasteiger partial charge is 0.311 e. The highest BCUT2D eigenvalue weighted by Gasteiger charge is 2.21. The van der Waals surface area contributed by atoms with E-state index in [4.69, 9.17) is 4.74 Å². The fourth-order valence-corrected chi connectivity index (χ4v) is 5.97. The molecule has 0 heterocycles. The van der Waals surface area contributed by atoms with Crippen LogP contribution in [0.4, 0.5) is 11.4 Å². The van der Waals surface area contributed by atoms with Gasteiger partial charge in [0.15, 0.2) is 5.75 Å². The number of rotatable bonds is 19. The second-order valence-electron chi connectivity index (χ2n) is 12.6. The van der Waals surface area contributed by atoms with Crippen LogP contribution in [-0.2, 0) is 19.5 Å². The average Bonchev–Trinajstić information content (AvgIpc) is 3.15. The minimum atomic E-state index is -0.924. The molecule has 0 fully saturated rings. The van der Waals surface area contributed by atoms with E-state index in [1.807, 2.05) is 73.7 Å². The predicted octanol–water partition coefficient (Wildman–Crippen LogP) is 8.29. The van der Waals surface area contributed by atoms with Gasteiger partial charge in [0.2, 0.25) is 0 Å². The van der Waals surface area contributed by atoms with Gasteiger partial charge in [-0.05, 0) is 58.9 Å². The number of anilines is 1. The molecular formula is C42H47N3O5. The second kappa shape index (κ2) is 18.7. The molecule has 8 nitrogen and oxygen atoms in total. The quantitative estimate of drug-likeness (QED) is 0.0517. The number of nitro groups is 1. The Kier molecular flexibility index (Phi) is 13.5. The lowest BCUT2D eigenvalue weighted by molar-refractivity contribution is -0.386. The van der Waals surface area contributed by atoms with Crippen LogP contribution in [0.1, 0.15) is 59.8 Å². The van der Waals surface area contributed by atoms with Crippen molar-refractivity contribution in [1.29, 1.82) is 0 Å². The molecule has 2 atom stereocenters. The van der Waals surface area contributed by atoms with Crippen molar-refractivity contribution in [2.75, 3.05) is 31.1 Å². The molecule has 5 aromatic rings. The monoisotopic (exact) mass is 673 g/mol. The molecule has 0 radical (unpaired) electrons. The average molecular weight is 674 g/mol. The van der Waals surface area contributed by atoms with E-state index in [-0.39, 0.29) is 11.4 Å². The summed E-state index contributed by atoms with van der Waals surface area (Å²) in [6, 6.07) is 43.3.